The maximum absolute atomic E-state index is 12.6. The van der Waals surface area contributed by atoms with Crippen molar-refractivity contribution in [1.82, 2.24) is 24.9 Å². The van der Waals surface area contributed by atoms with Crippen LogP contribution >= 0.6 is 15.9 Å². The summed E-state index contributed by atoms with van der Waals surface area (Å²) < 4.78 is 41.5. The van der Waals surface area contributed by atoms with Gasteiger partial charge in [0.05, 0.1) is 10.7 Å². The van der Waals surface area contributed by atoms with E-state index >= 15 is 0 Å². The summed E-state index contributed by atoms with van der Waals surface area (Å²) in [4.78, 5) is 12.2. The molecule has 0 aliphatic heterocycles. The average Bonchev–Trinajstić information content (AvgIpc) is 3.11. The first-order valence-corrected chi connectivity index (χ1v) is 8.60. The molecule has 0 aliphatic rings. The van der Waals surface area contributed by atoms with Crippen LogP contribution in [-0.4, -0.2) is 32.0 Å². The molecule has 138 valence electrons. The van der Waals surface area contributed by atoms with E-state index in [4.69, 9.17) is 0 Å². The molecule has 0 spiro atoms. The highest BCUT2D eigenvalue weighted by molar-refractivity contribution is 9.10. The maximum Gasteiger partial charge on any atom is 0.435 e. The van der Waals surface area contributed by atoms with Crippen molar-refractivity contribution in [2.45, 2.75) is 45.5 Å². The molecule has 1 N–H and O–H groups in total. The molecule has 0 bridgehead atoms. The Balaban J connectivity index is 1.84. The van der Waals surface area contributed by atoms with Gasteiger partial charge in [-0.25, -0.2) is 0 Å². The van der Waals surface area contributed by atoms with Gasteiger partial charge in [-0.1, -0.05) is 6.92 Å². The Hall–Kier alpha value is -1.84. The standard InChI is InChI=1S/C15H19BrF3N5O/c1-3-12(24-9-11(16)8-21-24)14(25)20-5-4-6-23-10(2)7-13(22-23)15(17,18)19/h7-9,12H,3-6H2,1-2H3,(H,20,25). The smallest absolute Gasteiger partial charge is 0.354 e. The van der Waals surface area contributed by atoms with Crippen LogP contribution in [0, 0.1) is 6.92 Å². The average molecular weight is 422 g/mol. The molecule has 1 amide bonds. The number of carbonyl (C=O) groups is 1. The molecule has 0 fully saturated rings. The second-order valence-corrected chi connectivity index (χ2v) is 6.51. The fourth-order valence-corrected chi connectivity index (χ4v) is 2.71. The summed E-state index contributed by atoms with van der Waals surface area (Å²) in [7, 11) is 0. The van der Waals surface area contributed by atoms with Crippen LogP contribution in [0.4, 0.5) is 13.2 Å². The normalized spacial score (nSPS) is 13.0. The fourth-order valence-electron chi connectivity index (χ4n) is 2.41. The zero-order chi connectivity index (χ0) is 18.6. The van der Waals surface area contributed by atoms with Gasteiger partial charge in [0.2, 0.25) is 5.91 Å². The summed E-state index contributed by atoms with van der Waals surface area (Å²) in [5.74, 6) is -0.175. The van der Waals surface area contributed by atoms with E-state index in [1.807, 2.05) is 6.92 Å². The SMILES string of the molecule is CCC(C(=O)NCCCn1nc(C(F)(F)F)cc1C)n1cc(Br)cn1. The monoisotopic (exact) mass is 421 g/mol. The van der Waals surface area contributed by atoms with E-state index in [0.717, 1.165) is 10.5 Å². The molecule has 6 nitrogen and oxygen atoms in total. The van der Waals surface area contributed by atoms with Crippen molar-refractivity contribution in [3.05, 3.63) is 34.3 Å². The topological polar surface area (TPSA) is 64.7 Å². The summed E-state index contributed by atoms with van der Waals surface area (Å²) in [6, 6.07) is 0.593. The highest BCUT2D eigenvalue weighted by atomic mass is 79.9. The Morgan fingerprint density at radius 2 is 2.16 bits per heavy atom. The Morgan fingerprint density at radius 1 is 1.44 bits per heavy atom. The first-order valence-electron chi connectivity index (χ1n) is 7.81. The maximum atomic E-state index is 12.6. The highest BCUT2D eigenvalue weighted by Gasteiger charge is 2.34. The number of aromatic nitrogens is 4. The quantitative estimate of drug-likeness (QED) is 0.697. The molecule has 25 heavy (non-hydrogen) atoms. The van der Waals surface area contributed by atoms with E-state index < -0.39 is 17.9 Å². The fraction of sp³-hybridized carbons (Fsp3) is 0.533. The first-order chi connectivity index (χ1) is 11.7. The Kier molecular flexibility index (Phi) is 6.26. The minimum atomic E-state index is -4.45. The predicted octanol–water partition coefficient (Wildman–Crippen LogP) is 3.33. The summed E-state index contributed by atoms with van der Waals surface area (Å²) in [5.41, 5.74) is -0.462. The molecular weight excluding hydrogens is 403 g/mol. The molecule has 0 saturated carbocycles. The molecule has 2 rings (SSSR count). The first kappa shape index (κ1) is 19.5. The summed E-state index contributed by atoms with van der Waals surface area (Å²) in [6.45, 7) is 4.10. The molecule has 2 heterocycles. The van der Waals surface area contributed by atoms with Gasteiger partial charge >= 0.3 is 6.18 Å². The highest BCUT2D eigenvalue weighted by Crippen LogP contribution is 2.28. The number of aryl methyl sites for hydroxylation is 2. The molecular formula is C15H19BrF3N5O. The zero-order valence-electron chi connectivity index (χ0n) is 13.8. The van der Waals surface area contributed by atoms with Gasteiger partial charge in [-0.2, -0.15) is 23.4 Å². The third kappa shape index (κ3) is 5.07. The van der Waals surface area contributed by atoms with Crippen LogP contribution < -0.4 is 5.32 Å². The van der Waals surface area contributed by atoms with Crippen LogP contribution in [0.25, 0.3) is 0 Å². The second kappa shape index (κ2) is 8.03. The van der Waals surface area contributed by atoms with E-state index in [9.17, 15) is 18.0 Å². The largest absolute Gasteiger partial charge is 0.435 e. The summed E-state index contributed by atoms with van der Waals surface area (Å²) >= 11 is 3.29. The third-order valence-electron chi connectivity index (χ3n) is 3.70. The van der Waals surface area contributed by atoms with E-state index in [0.29, 0.717) is 31.6 Å². The van der Waals surface area contributed by atoms with Gasteiger partial charge in [0.15, 0.2) is 5.69 Å². The van der Waals surface area contributed by atoms with Crippen LogP contribution in [0.1, 0.15) is 37.2 Å². The van der Waals surface area contributed by atoms with Gasteiger partial charge in [-0.05, 0) is 41.8 Å². The second-order valence-electron chi connectivity index (χ2n) is 5.60. The van der Waals surface area contributed by atoms with Gasteiger partial charge in [0, 0.05) is 25.0 Å². The molecule has 10 heteroatoms. The molecule has 1 unspecified atom stereocenters. The number of hydrogen-bond acceptors (Lipinski definition) is 3. The lowest BCUT2D eigenvalue weighted by atomic mass is 10.2. The van der Waals surface area contributed by atoms with Crippen LogP contribution in [0.2, 0.25) is 0 Å². The minimum absolute atomic E-state index is 0.175. The van der Waals surface area contributed by atoms with Gasteiger partial charge in [0.25, 0.3) is 0 Å². The van der Waals surface area contributed by atoms with Crippen LogP contribution in [0.3, 0.4) is 0 Å². The van der Waals surface area contributed by atoms with Gasteiger partial charge < -0.3 is 5.32 Å². The summed E-state index contributed by atoms with van der Waals surface area (Å²) in [6.07, 6.45) is -0.0667. The Morgan fingerprint density at radius 3 is 2.68 bits per heavy atom. The van der Waals surface area contributed by atoms with E-state index in [2.05, 4.69) is 31.4 Å². The van der Waals surface area contributed by atoms with Crippen LogP contribution in [-0.2, 0) is 17.5 Å². The Labute approximate surface area is 151 Å². The number of halogens is 4. The van der Waals surface area contributed by atoms with Gasteiger partial charge in [0.1, 0.15) is 6.04 Å². The molecule has 0 saturated heterocycles. The van der Waals surface area contributed by atoms with Crippen LogP contribution in [0.15, 0.2) is 22.9 Å². The number of hydrogen-bond donors (Lipinski definition) is 1. The van der Waals surface area contributed by atoms with E-state index in [1.165, 1.54) is 4.68 Å². The lowest BCUT2D eigenvalue weighted by Crippen LogP contribution is -2.33. The van der Waals surface area contributed by atoms with Crippen LogP contribution in [0.5, 0.6) is 0 Å². The lowest BCUT2D eigenvalue weighted by Gasteiger charge is -2.15. The third-order valence-corrected chi connectivity index (χ3v) is 4.11. The van der Waals surface area contributed by atoms with Crippen molar-refractivity contribution < 1.29 is 18.0 Å². The number of nitrogens with zero attached hydrogens (tertiary/aromatic N) is 4. The van der Waals surface area contributed by atoms with Crippen molar-refractivity contribution in [3.8, 4) is 0 Å². The van der Waals surface area contributed by atoms with E-state index in [1.54, 1.807) is 24.0 Å². The number of alkyl halides is 3. The Bertz CT molecular complexity index is 725. The lowest BCUT2D eigenvalue weighted by molar-refractivity contribution is -0.141. The minimum Gasteiger partial charge on any atom is -0.354 e. The van der Waals surface area contributed by atoms with Crippen molar-refractivity contribution in [2.75, 3.05) is 6.54 Å². The van der Waals surface area contributed by atoms with Crippen molar-refractivity contribution in [1.29, 1.82) is 0 Å². The molecule has 0 radical (unpaired) electrons. The molecule has 1 atom stereocenters. The molecule has 2 aromatic heterocycles. The van der Waals surface area contributed by atoms with Gasteiger partial charge in [-0.15, -0.1) is 0 Å². The van der Waals surface area contributed by atoms with Crippen molar-refractivity contribution >= 4 is 21.8 Å². The predicted molar refractivity (Wildman–Crippen MR) is 88.8 cm³/mol. The van der Waals surface area contributed by atoms with Gasteiger partial charge in [-0.3, -0.25) is 14.2 Å². The number of rotatable bonds is 7. The number of carbonyl (C=O) groups excluding carboxylic acids is 1. The summed E-state index contributed by atoms with van der Waals surface area (Å²) in [5, 5.41) is 10.5. The molecule has 2 aromatic rings. The molecule has 0 aromatic carbocycles. The van der Waals surface area contributed by atoms with Crippen molar-refractivity contribution in [2.24, 2.45) is 0 Å². The number of nitrogens with one attached hydrogen (secondary N) is 1. The number of amides is 1. The molecule has 0 aliphatic carbocycles. The van der Waals surface area contributed by atoms with E-state index in [-0.39, 0.29) is 5.91 Å². The van der Waals surface area contributed by atoms with Crippen molar-refractivity contribution in [3.63, 3.8) is 0 Å². The zero-order valence-corrected chi connectivity index (χ0v) is 15.4.